The van der Waals surface area contributed by atoms with E-state index in [4.69, 9.17) is 16.7 Å². The van der Waals surface area contributed by atoms with E-state index in [0.717, 1.165) is 5.56 Å². The lowest BCUT2D eigenvalue weighted by Crippen LogP contribution is -2.50. The molecule has 98 valence electrons. The maximum absolute atomic E-state index is 12.0. The number of halogens is 1. The first-order valence-corrected chi connectivity index (χ1v) is 6.80. The van der Waals surface area contributed by atoms with Gasteiger partial charge in [0.2, 0.25) is 5.91 Å². The lowest BCUT2D eigenvalue weighted by Gasteiger charge is -2.33. The molecule has 1 aliphatic heterocycles. The molecule has 0 unspecified atom stereocenters. The van der Waals surface area contributed by atoms with Crippen LogP contribution in [0.5, 0.6) is 0 Å². The quantitative estimate of drug-likeness (QED) is 0.902. The van der Waals surface area contributed by atoms with Gasteiger partial charge in [-0.2, -0.15) is 0 Å². The Labute approximate surface area is 114 Å². The second kappa shape index (κ2) is 5.58. The van der Waals surface area contributed by atoms with Crippen molar-refractivity contribution in [1.82, 2.24) is 9.80 Å². The van der Waals surface area contributed by atoms with Gasteiger partial charge in [0.05, 0.1) is 10.8 Å². The van der Waals surface area contributed by atoms with Crippen LogP contribution in [0.1, 0.15) is 5.56 Å². The molecule has 18 heavy (non-hydrogen) atoms. The van der Waals surface area contributed by atoms with Gasteiger partial charge in [-0.25, -0.2) is 4.79 Å². The molecule has 0 saturated carbocycles. The average Bonchev–Trinajstić information content (AvgIpc) is 2.75. The third kappa shape index (κ3) is 3.14. The summed E-state index contributed by atoms with van der Waals surface area (Å²) in [6.07, 6.45) is -0.595. The largest absolute Gasteiger partial charge is 0.465 e. The summed E-state index contributed by atoms with van der Waals surface area (Å²) in [5.41, 5.74) is 0.913. The van der Waals surface area contributed by atoms with E-state index in [2.05, 4.69) is 0 Å². The number of nitrogens with zero attached hydrogens (tertiary/aromatic N) is 2. The summed E-state index contributed by atoms with van der Waals surface area (Å²) in [6.45, 7) is 1.68. The van der Waals surface area contributed by atoms with Crippen molar-refractivity contribution in [1.29, 1.82) is 0 Å². The zero-order chi connectivity index (χ0) is 13.1. The first-order chi connectivity index (χ1) is 8.56. The smallest absolute Gasteiger partial charge is 0.407 e. The van der Waals surface area contributed by atoms with Gasteiger partial charge in [-0.1, -0.05) is 11.6 Å². The molecular formula is C11H13ClN2O3S. The normalized spacial score (nSPS) is 15.8. The van der Waals surface area contributed by atoms with Gasteiger partial charge in [0.1, 0.15) is 0 Å². The van der Waals surface area contributed by atoms with E-state index >= 15 is 0 Å². The minimum atomic E-state index is -0.924. The van der Waals surface area contributed by atoms with Crippen LogP contribution in [0.2, 0.25) is 4.34 Å². The van der Waals surface area contributed by atoms with E-state index < -0.39 is 6.09 Å². The maximum Gasteiger partial charge on any atom is 0.407 e. The Balaban J connectivity index is 1.86. The Hall–Kier alpha value is -1.27. The highest BCUT2D eigenvalue weighted by molar-refractivity contribution is 7.14. The van der Waals surface area contributed by atoms with Gasteiger partial charge in [0.15, 0.2) is 0 Å². The van der Waals surface area contributed by atoms with Crippen LogP contribution in [0.25, 0.3) is 0 Å². The van der Waals surface area contributed by atoms with Crippen LogP contribution < -0.4 is 0 Å². The summed E-state index contributed by atoms with van der Waals surface area (Å²) < 4.78 is 0.675. The van der Waals surface area contributed by atoms with Crippen LogP contribution in [0.4, 0.5) is 4.79 Å². The van der Waals surface area contributed by atoms with Crippen molar-refractivity contribution in [2.75, 3.05) is 26.2 Å². The minimum Gasteiger partial charge on any atom is -0.465 e. The third-order valence-electron chi connectivity index (χ3n) is 2.88. The predicted molar refractivity (Wildman–Crippen MR) is 69.2 cm³/mol. The molecule has 0 spiro atoms. The lowest BCUT2D eigenvalue weighted by molar-refractivity contribution is -0.132. The zero-order valence-corrected chi connectivity index (χ0v) is 11.2. The fourth-order valence-electron chi connectivity index (χ4n) is 1.87. The Morgan fingerprint density at radius 1 is 1.28 bits per heavy atom. The van der Waals surface area contributed by atoms with Crippen LogP contribution in [0, 0.1) is 0 Å². The van der Waals surface area contributed by atoms with Crippen LogP contribution >= 0.6 is 22.9 Å². The van der Waals surface area contributed by atoms with Crippen LogP contribution in [-0.4, -0.2) is 53.1 Å². The van der Waals surface area contributed by atoms with Crippen LogP contribution in [0.15, 0.2) is 11.4 Å². The molecule has 1 aliphatic rings. The van der Waals surface area contributed by atoms with Gasteiger partial charge >= 0.3 is 6.09 Å². The van der Waals surface area contributed by atoms with Crippen LogP contribution in [-0.2, 0) is 11.2 Å². The van der Waals surface area contributed by atoms with E-state index in [1.807, 2.05) is 5.38 Å². The second-order valence-electron chi connectivity index (χ2n) is 4.09. The summed E-state index contributed by atoms with van der Waals surface area (Å²) in [5.74, 6) is 0.0227. The number of carbonyl (C=O) groups is 2. The summed E-state index contributed by atoms with van der Waals surface area (Å²) in [4.78, 5) is 25.7. The summed E-state index contributed by atoms with van der Waals surface area (Å²) in [6, 6.07) is 1.79. The summed E-state index contributed by atoms with van der Waals surface area (Å²) in [7, 11) is 0. The van der Waals surface area contributed by atoms with E-state index in [9.17, 15) is 9.59 Å². The summed E-state index contributed by atoms with van der Waals surface area (Å²) >= 11 is 7.21. The number of amides is 2. The van der Waals surface area contributed by atoms with Crippen molar-refractivity contribution >= 4 is 34.9 Å². The van der Waals surface area contributed by atoms with E-state index in [-0.39, 0.29) is 5.91 Å². The topological polar surface area (TPSA) is 60.9 Å². The van der Waals surface area contributed by atoms with Gasteiger partial charge in [-0.3, -0.25) is 4.79 Å². The van der Waals surface area contributed by atoms with Crippen LogP contribution in [0.3, 0.4) is 0 Å². The molecule has 1 aromatic heterocycles. The van der Waals surface area contributed by atoms with Gasteiger partial charge in [0, 0.05) is 26.2 Å². The molecule has 5 nitrogen and oxygen atoms in total. The number of thiophene rings is 1. The Morgan fingerprint density at radius 2 is 1.89 bits per heavy atom. The fraction of sp³-hybridized carbons (Fsp3) is 0.455. The SMILES string of the molecule is O=C(O)N1CCN(C(=O)Cc2csc(Cl)c2)CC1. The number of hydrogen-bond donors (Lipinski definition) is 1. The number of carbonyl (C=O) groups excluding carboxylic acids is 1. The van der Waals surface area contributed by atoms with Crippen molar-refractivity contribution in [3.63, 3.8) is 0 Å². The minimum absolute atomic E-state index is 0.0227. The molecule has 7 heteroatoms. The molecule has 0 bridgehead atoms. The fourth-order valence-corrected chi connectivity index (χ4v) is 2.78. The van der Waals surface area contributed by atoms with E-state index in [1.165, 1.54) is 16.2 Å². The molecule has 2 heterocycles. The molecule has 1 saturated heterocycles. The highest BCUT2D eigenvalue weighted by Gasteiger charge is 2.23. The molecule has 1 fully saturated rings. The highest BCUT2D eigenvalue weighted by atomic mass is 35.5. The molecular weight excluding hydrogens is 276 g/mol. The lowest BCUT2D eigenvalue weighted by atomic mass is 10.2. The molecule has 2 amide bonds. The monoisotopic (exact) mass is 288 g/mol. The zero-order valence-electron chi connectivity index (χ0n) is 9.63. The van der Waals surface area contributed by atoms with E-state index in [0.29, 0.717) is 36.9 Å². The number of hydrogen-bond acceptors (Lipinski definition) is 3. The first-order valence-electron chi connectivity index (χ1n) is 5.55. The Morgan fingerprint density at radius 3 is 2.39 bits per heavy atom. The van der Waals surface area contributed by atoms with Crippen molar-refractivity contribution in [3.8, 4) is 0 Å². The maximum atomic E-state index is 12.0. The number of piperazine rings is 1. The van der Waals surface area contributed by atoms with Gasteiger partial charge in [-0.15, -0.1) is 11.3 Å². The average molecular weight is 289 g/mol. The number of carboxylic acid groups (broad SMARTS) is 1. The Kier molecular flexibility index (Phi) is 4.08. The molecule has 2 rings (SSSR count). The summed E-state index contributed by atoms with van der Waals surface area (Å²) in [5, 5.41) is 10.7. The van der Waals surface area contributed by atoms with Crippen molar-refractivity contribution in [2.24, 2.45) is 0 Å². The first kappa shape index (κ1) is 13.2. The van der Waals surface area contributed by atoms with Gasteiger partial charge in [-0.05, 0) is 17.0 Å². The van der Waals surface area contributed by atoms with Crippen molar-refractivity contribution in [3.05, 3.63) is 21.3 Å². The van der Waals surface area contributed by atoms with Crippen molar-refractivity contribution in [2.45, 2.75) is 6.42 Å². The molecule has 0 atom stereocenters. The highest BCUT2D eigenvalue weighted by Crippen LogP contribution is 2.20. The second-order valence-corrected chi connectivity index (χ2v) is 5.63. The molecule has 0 radical (unpaired) electrons. The molecule has 0 aromatic carbocycles. The molecule has 1 aromatic rings. The molecule has 1 N–H and O–H groups in total. The van der Waals surface area contributed by atoms with Gasteiger partial charge < -0.3 is 14.9 Å². The predicted octanol–water partition coefficient (Wildman–Crippen LogP) is 1.77. The standard InChI is InChI=1S/C11H13ClN2O3S/c12-9-5-8(7-18-9)6-10(15)13-1-3-14(4-2-13)11(16)17/h5,7H,1-4,6H2,(H,16,17). The Bertz CT molecular complexity index is 455. The van der Waals surface area contributed by atoms with Crippen molar-refractivity contribution < 1.29 is 14.7 Å². The molecule has 0 aliphatic carbocycles. The van der Waals surface area contributed by atoms with E-state index in [1.54, 1.807) is 11.0 Å². The third-order valence-corrected chi connectivity index (χ3v) is 4.02. The van der Waals surface area contributed by atoms with Gasteiger partial charge in [0.25, 0.3) is 0 Å². The number of rotatable bonds is 2.